The highest BCUT2D eigenvalue weighted by atomic mass is 19.4. The minimum atomic E-state index is -4.68. The predicted molar refractivity (Wildman–Crippen MR) is 38.7 cm³/mol. The van der Waals surface area contributed by atoms with Gasteiger partial charge in [0.25, 0.3) is 0 Å². The first-order valence-electron chi connectivity index (χ1n) is 3.66. The zero-order chi connectivity index (χ0) is 11.1. The molecule has 0 radical (unpaired) electrons. The molecule has 0 spiro atoms. The molecule has 5 nitrogen and oxygen atoms in total. The van der Waals surface area contributed by atoms with E-state index in [1.54, 1.807) is 0 Å². The Labute approximate surface area is 77.2 Å². The van der Waals surface area contributed by atoms with Crippen LogP contribution in [0, 0.1) is 0 Å². The van der Waals surface area contributed by atoms with Gasteiger partial charge in [-0.15, -0.1) is 0 Å². The number of alkyl halides is 3. The Hall–Kier alpha value is -1.31. The number of hydrazine groups is 1. The van der Waals surface area contributed by atoms with Crippen LogP contribution in [0.25, 0.3) is 0 Å². The summed E-state index contributed by atoms with van der Waals surface area (Å²) < 4.78 is 36.7. The Bertz CT molecular complexity index is 278. The monoisotopic (exact) mass is 211 g/mol. The van der Waals surface area contributed by atoms with Crippen molar-refractivity contribution in [2.24, 2.45) is 5.84 Å². The van der Waals surface area contributed by atoms with Crippen molar-refractivity contribution in [1.82, 2.24) is 9.91 Å². The van der Waals surface area contributed by atoms with Crippen molar-refractivity contribution in [2.45, 2.75) is 18.6 Å². The van der Waals surface area contributed by atoms with Crippen molar-refractivity contribution in [1.29, 1.82) is 0 Å². The lowest BCUT2D eigenvalue weighted by molar-refractivity contribution is -0.188. The van der Waals surface area contributed by atoms with E-state index in [2.05, 4.69) is 0 Å². The third-order valence-electron chi connectivity index (χ3n) is 1.96. The van der Waals surface area contributed by atoms with Gasteiger partial charge in [-0.1, -0.05) is 0 Å². The molecule has 0 bridgehead atoms. The molecule has 14 heavy (non-hydrogen) atoms. The molecule has 2 N–H and O–H groups in total. The second-order valence-electron chi connectivity index (χ2n) is 2.90. The summed E-state index contributed by atoms with van der Waals surface area (Å²) in [5.41, 5.74) is 0. The molecule has 1 heterocycles. The van der Waals surface area contributed by atoms with Gasteiger partial charge in [-0.3, -0.25) is 9.69 Å². The molecule has 0 aliphatic carbocycles. The summed E-state index contributed by atoms with van der Waals surface area (Å²) in [6, 6.07) is -3.37. The van der Waals surface area contributed by atoms with Gasteiger partial charge in [-0.05, 0) is 0 Å². The zero-order valence-electron chi connectivity index (χ0n) is 7.21. The number of nitrogens with zero attached hydrogens (tertiary/aromatic N) is 2. The first kappa shape index (κ1) is 10.8. The van der Waals surface area contributed by atoms with Crippen molar-refractivity contribution in [3.8, 4) is 0 Å². The Balaban J connectivity index is 2.92. The molecule has 1 atom stereocenters. The van der Waals surface area contributed by atoms with Gasteiger partial charge < -0.3 is 0 Å². The van der Waals surface area contributed by atoms with Crippen LogP contribution in [-0.4, -0.2) is 41.1 Å². The van der Waals surface area contributed by atoms with Crippen LogP contribution in [0.4, 0.5) is 18.0 Å². The fourth-order valence-corrected chi connectivity index (χ4v) is 1.09. The van der Waals surface area contributed by atoms with Crippen LogP contribution in [0.3, 0.4) is 0 Å². The van der Waals surface area contributed by atoms with Crippen molar-refractivity contribution >= 4 is 11.9 Å². The summed E-state index contributed by atoms with van der Waals surface area (Å²) in [6.45, 7) is 0. The third-order valence-corrected chi connectivity index (χ3v) is 1.96. The maximum Gasteiger partial charge on any atom is 0.410 e. The standard InChI is InChI=1S/C6H8F3N3O2/c1-11-4(13)2-3(6(7,8)9)12(10)5(11)14/h3H,2,10H2,1H3. The maximum absolute atomic E-state index is 12.2. The van der Waals surface area contributed by atoms with E-state index in [4.69, 9.17) is 5.84 Å². The molecule has 1 saturated heterocycles. The van der Waals surface area contributed by atoms with Crippen LogP contribution in [0.2, 0.25) is 0 Å². The fourth-order valence-electron chi connectivity index (χ4n) is 1.09. The highest BCUT2D eigenvalue weighted by molar-refractivity contribution is 5.96. The van der Waals surface area contributed by atoms with Crippen molar-refractivity contribution in [3.05, 3.63) is 0 Å². The van der Waals surface area contributed by atoms with Gasteiger partial charge >= 0.3 is 12.2 Å². The van der Waals surface area contributed by atoms with Crippen LogP contribution in [-0.2, 0) is 4.79 Å². The normalized spacial score (nSPS) is 24.5. The lowest BCUT2D eigenvalue weighted by atomic mass is 10.1. The topological polar surface area (TPSA) is 66.6 Å². The fraction of sp³-hybridized carbons (Fsp3) is 0.667. The van der Waals surface area contributed by atoms with Crippen LogP contribution < -0.4 is 5.84 Å². The van der Waals surface area contributed by atoms with E-state index >= 15 is 0 Å². The molecular formula is C6H8F3N3O2. The van der Waals surface area contributed by atoms with Crippen LogP contribution in [0.15, 0.2) is 0 Å². The summed E-state index contributed by atoms with van der Waals surface area (Å²) in [6.07, 6.45) is -5.51. The maximum atomic E-state index is 12.2. The second kappa shape index (κ2) is 3.12. The zero-order valence-corrected chi connectivity index (χ0v) is 7.21. The number of carbonyl (C=O) groups is 2. The average Bonchev–Trinajstić information content (AvgIpc) is 2.06. The van der Waals surface area contributed by atoms with E-state index in [0.717, 1.165) is 7.05 Å². The first-order valence-corrected chi connectivity index (χ1v) is 3.66. The van der Waals surface area contributed by atoms with E-state index in [1.807, 2.05) is 0 Å². The Morgan fingerprint density at radius 2 is 1.93 bits per heavy atom. The molecule has 0 aromatic rings. The van der Waals surface area contributed by atoms with E-state index in [-0.39, 0.29) is 5.01 Å². The molecule has 1 fully saturated rings. The second-order valence-corrected chi connectivity index (χ2v) is 2.90. The Morgan fingerprint density at radius 1 is 1.43 bits per heavy atom. The minimum Gasteiger partial charge on any atom is -0.274 e. The number of halogens is 3. The van der Waals surface area contributed by atoms with Gasteiger partial charge in [0.05, 0.1) is 6.42 Å². The molecule has 1 aliphatic heterocycles. The molecule has 8 heteroatoms. The van der Waals surface area contributed by atoms with Gasteiger partial charge in [0.1, 0.15) is 0 Å². The summed E-state index contributed by atoms with van der Waals surface area (Å²) >= 11 is 0. The minimum absolute atomic E-state index is 0.0292. The SMILES string of the molecule is CN1C(=O)CC(C(F)(F)F)N(N)C1=O. The highest BCUT2D eigenvalue weighted by Crippen LogP contribution is 2.29. The molecule has 0 saturated carbocycles. The summed E-state index contributed by atoms with van der Waals surface area (Å²) in [7, 11) is 1.08. The number of hydrogen-bond acceptors (Lipinski definition) is 3. The van der Waals surface area contributed by atoms with Gasteiger partial charge in [-0.2, -0.15) is 13.2 Å². The predicted octanol–water partition coefficient (Wildman–Crippen LogP) is 0.0751. The van der Waals surface area contributed by atoms with Crippen LogP contribution in [0.5, 0.6) is 0 Å². The lowest BCUT2D eigenvalue weighted by Crippen LogP contribution is -2.62. The van der Waals surface area contributed by atoms with Gasteiger partial charge in [-0.25, -0.2) is 15.6 Å². The smallest absolute Gasteiger partial charge is 0.274 e. The average molecular weight is 211 g/mol. The molecule has 3 amide bonds. The first-order chi connectivity index (χ1) is 6.25. The van der Waals surface area contributed by atoms with Gasteiger partial charge in [0.15, 0.2) is 6.04 Å². The number of nitrogens with two attached hydrogens (primary N) is 1. The number of urea groups is 1. The Morgan fingerprint density at radius 3 is 2.36 bits per heavy atom. The highest BCUT2D eigenvalue weighted by Gasteiger charge is 2.50. The van der Waals surface area contributed by atoms with Crippen molar-refractivity contribution in [3.63, 3.8) is 0 Å². The third kappa shape index (κ3) is 1.65. The molecule has 1 rings (SSSR count). The van der Waals surface area contributed by atoms with Gasteiger partial charge in [0, 0.05) is 7.05 Å². The van der Waals surface area contributed by atoms with E-state index in [9.17, 15) is 22.8 Å². The van der Waals surface area contributed by atoms with Gasteiger partial charge in [0.2, 0.25) is 5.91 Å². The Kier molecular flexibility index (Phi) is 2.40. The lowest BCUT2D eigenvalue weighted by Gasteiger charge is -2.36. The van der Waals surface area contributed by atoms with Crippen molar-refractivity contribution < 1.29 is 22.8 Å². The molecule has 1 aliphatic rings. The van der Waals surface area contributed by atoms with E-state index in [1.165, 1.54) is 0 Å². The molecule has 0 aromatic heterocycles. The molecule has 1 unspecified atom stereocenters. The number of rotatable bonds is 0. The van der Waals surface area contributed by atoms with E-state index in [0.29, 0.717) is 4.90 Å². The molecule has 80 valence electrons. The number of carbonyl (C=O) groups excluding carboxylic acids is 2. The summed E-state index contributed by atoms with van der Waals surface area (Å²) in [5, 5.41) is 0.0292. The van der Waals surface area contributed by atoms with Crippen molar-refractivity contribution in [2.75, 3.05) is 7.05 Å². The quantitative estimate of drug-likeness (QED) is 0.455. The number of imide groups is 1. The largest absolute Gasteiger partial charge is 0.410 e. The molecular weight excluding hydrogens is 203 g/mol. The van der Waals surface area contributed by atoms with Crippen LogP contribution >= 0.6 is 0 Å². The number of amides is 3. The summed E-state index contributed by atoms with van der Waals surface area (Å²) in [5.74, 6) is 4.04. The van der Waals surface area contributed by atoms with E-state index < -0.39 is 30.6 Å². The number of hydrogen-bond donors (Lipinski definition) is 1. The molecule has 0 aromatic carbocycles. The summed E-state index contributed by atoms with van der Waals surface area (Å²) in [4.78, 5) is 22.5. The van der Waals surface area contributed by atoms with Crippen LogP contribution in [0.1, 0.15) is 6.42 Å².